The predicted octanol–water partition coefficient (Wildman–Crippen LogP) is 13.8. The second-order valence-electron chi connectivity index (χ2n) is 12.6. The van der Waals surface area contributed by atoms with Gasteiger partial charge in [0.15, 0.2) is 46.5 Å². The van der Waals surface area contributed by atoms with E-state index in [0.717, 1.165) is 0 Å². The maximum Gasteiger partial charge on any atom is 0.170 e. The molecule has 0 bridgehead atoms. The van der Waals surface area contributed by atoms with Crippen LogP contribution in [-0.4, -0.2) is 0 Å². The minimum Gasteiger partial charge on any atom is -0.203 e. The highest BCUT2D eigenvalue weighted by atomic mass is 79.9. The molecule has 4 rings (SSSR count). The molecule has 0 heterocycles. The average molecular weight is 776 g/mol. The second-order valence-corrected chi connectivity index (χ2v) is 14.3. The summed E-state index contributed by atoms with van der Waals surface area (Å²) in [6, 6.07) is 5.93. The molecule has 0 nitrogen and oxygen atoms in total. The van der Waals surface area contributed by atoms with E-state index in [2.05, 4.69) is 31.9 Å². The SMILES string of the molecule is CC(C)c1cc(-c2c(F)c(F)c(-c3c(F)c(F)c(-c4cc(C(C)C)c(Br)cc4C(C)C)c(F)c3F)c(F)c2F)c(C(C)C)cc1Br. The number of hydrogen-bond donors (Lipinski definition) is 0. The summed E-state index contributed by atoms with van der Waals surface area (Å²) >= 11 is 6.83. The van der Waals surface area contributed by atoms with Gasteiger partial charge < -0.3 is 0 Å². The summed E-state index contributed by atoms with van der Waals surface area (Å²) in [4.78, 5) is 0. The molecule has 0 radical (unpaired) electrons. The fourth-order valence-corrected chi connectivity index (χ4v) is 7.30. The van der Waals surface area contributed by atoms with Crippen LogP contribution < -0.4 is 0 Å². The Balaban J connectivity index is 2.08. The molecule has 0 N–H and O–H groups in total. The Morgan fingerprint density at radius 2 is 0.565 bits per heavy atom. The monoisotopic (exact) mass is 774 g/mol. The molecule has 0 unspecified atom stereocenters. The van der Waals surface area contributed by atoms with Crippen LogP contribution in [0.1, 0.15) is 101 Å². The lowest BCUT2D eigenvalue weighted by Gasteiger charge is -2.22. The maximum atomic E-state index is 15.8. The van der Waals surface area contributed by atoms with E-state index in [1.54, 1.807) is 67.5 Å². The number of rotatable bonds is 7. The molecule has 246 valence electrons. The molecule has 0 atom stereocenters. The second kappa shape index (κ2) is 13.4. The molecular weight excluding hydrogens is 744 g/mol. The summed E-state index contributed by atoms with van der Waals surface area (Å²) in [5.74, 6) is -17.7. The van der Waals surface area contributed by atoms with Crippen molar-refractivity contribution in [1.29, 1.82) is 0 Å². The summed E-state index contributed by atoms with van der Waals surface area (Å²) in [6.07, 6.45) is 0. The fraction of sp³-hybridized carbons (Fsp3) is 0.333. The van der Waals surface area contributed by atoms with Gasteiger partial charge in [-0.2, -0.15) is 0 Å². The van der Waals surface area contributed by atoms with Gasteiger partial charge in [0.1, 0.15) is 0 Å². The first kappa shape index (κ1) is 36.1. The summed E-state index contributed by atoms with van der Waals surface area (Å²) in [6.45, 7) is 14.0. The van der Waals surface area contributed by atoms with Gasteiger partial charge in [0.25, 0.3) is 0 Å². The third-order valence-corrected chi connectivity index (χ3v) is 9.51. The third kappa shape index (κ3) is 6.04. The quantitative estimate of drug-likeness (QED) is 0.130. The van der Waals surface area contributed by atoms with Gasteiger partial charge >= 0.3 is 0 Å². The molecule has 0 fully saturated rings. The van der Waals surface area contributed by atoms with Gasteiger partial charge in [-0.3, -0.25) is 0 Å². The van der Waals surface area contributed by atoms with E-state index in [1.807, 2.05) is 0 Å². The van der Waals surface area contributed by atoms with Gasteiger partial charge in [0.2, 0.25) is 0 Å². The lowest BCUT2D eigenvalue weighted by molar-refractivity contribution is 0.445. The van der Waals surface area contributed by atoms with Crippen molar-refractivity contribution in [2.24, 2.45) is 0 Å². The zero-order chi connectivity index (χ0) is 34.7. The fourth-order valence-electron chi connectivity index (χ4n) is 5.66. The Bertz CT molecular complexity index is 1670. The first-order valence-electron chi connectivity index (χ1n) is 14.7. The molecule has 4 aromatic carbocycles. The van der Waals surface area contributed by atoms with Crippen molar-refractivity contribution in [3.63, 3.8) is 0 Å². The highest BCUT2D eigenvalue weighted by Crippen LogP contribution is 2.46. The zero-order valence-electron chi connectivity index (χ0n) is 26.4. The molecule has 46 heavy (non-hydrogen) atoms. The van der Waals surface area contributed by atoms with Crippen molar-refractivity contribution in [2.75, 3.05) is 0 Å². The topological polar surface area (TPSA) is 0 Å². The number of benzene rings is 4. The normalized spacial score (nSPS) is 12.0. The van der Waals surface area contributed by atoms with Crippen LogP contribution in [0.4, 0.5) is 35.1 Å². The van der Waals surface area contributed by atoms with Crippen molar-refractivity contribution in [1.82, 2.24) is 0 Å². The lowest BCUT2D eigenvalue weighted by Crippen LogP contribution is -2.11. The Kier molecular flexibility index (Phi) is 10.5. The molecule has 0 saturated carbocycles. The van der Waals surface area contributed by atoms with Crippen LogP contribution in [0.2, 0.25) is 0 Å². The van der Waals surface area contributed by atoms with Crippen molar-refractivity contribution < 1.29 is 35.1 Å². The largest absolute Gasteiger partial charge is 0.203 e. The molecule has 0 aromatic heterocycles. The van der Waals surface area contributed by atoms with Crippen molar-refractivity contribution in [3.8, 4) is 33.4 Å². The predicted molar refractivity (Wildman–Crippen MR) is 174 cm³/mol. The van der Waals surface area contributed by atoms with E-state index in [-0.39, 0.29) is 34.8 Å². The maximum absolute atomic E-state index is 15.8. The smallest absolute Gasteiger partial charge is 0.170 e. The van der Waals surface area contributed by atoms with E-state index >= 15 is 35.1 Å². The molecule has 4 aromatic rings. The Labute approximate surface area is 280 Å². The van der Waals surface area contributed by atoms with Crippen LogP contribution in [0.3, 0.4) is 0 Å². The van der Waals surface area contributed by atoms with Gasteiger partial charge in [-0.15, -0.1) is 0 Å². The molecule has 10 heteroatoms. The summed E-state index contributed by atoms with van der Waals surface area (Å²) in [5, 5.41) is 0. The molecular formula is C36H32Br2F8. The first-order chi connectivity index (χ1) is 21.3. The highest BCUT2D eigenvalue weighted by Gasteiger charge is 2.36. The Hall–Kier alpha value is -2.72. The van der Waals surface area contributed by atoms with Gasteiger partial charge in [-0.25, -0.2) is 35.1 Å². The summed E-state index contributed by atoms with van der Waals surface area (Å²) in [7, 11) is 0. The molecule has 0 saturated heterocycles. The zero-order valence-corrected chi connectivity index (χ0v) is 29.6. The Morgan fingerprint density at radius 1 is 0.348 bits per heavy atom. The van der Waals surface area contributed by atoms with Gasteiger partial charge in [-0.1, -0.05) is 87.2 Å². The van der Waals surface area contributed by atoms with Crippen LogP contribution >= 0.6 is 31.9 Å². The van der Waals surface area contributed by atoms with Crippen molar-refractivity contribution in [2.45, 2.75) is 79.1 Å². The lowest BCUT2D eigenvalue weighted by atomic mass is 9.86. The van der Waals surface area contributed by atoms with Gasteiger partial charge in [0, 0.05) is 8.95 Å². The van der Waals surface area contributed by atoms with Crippen LogP contribution in [0.25, 0.3) is 33.4 Å². The van der Waals surface area contributed by atoms with Gasteiger partial charge in [-0.05, 0) is 81.3 Å². The molecule has 0 aliphatic rings. The van der Waals surface area contributed by atoms with Crippen LogP contribution in [0, 0.1) is 46.5 Å². The average Bonchev–Trinajstić information content (AvgIpc) is 2.97. The number of hydrogen-bond acceptors (Lipinski definition) is 0. The molecule has 0 amide bonds. The van der Waals surface area contributed by atoms with E-state index in [9.17, 15) is 0 Å². The minimum atomic E-state index is -2.20. The first-order valence-corrected chi connectivity index (χ1v) is 16.3. The standard InChI is InChI=1S/C36H32Br2F8/c1-13(2)17-11-23(37)19(15(5)6)9-21(17)25-29(39)33(43)27(34(44)30(25)40)28-35(45)31(41)26(32(42)36(28)46)22-10-20(16(7)8)24(38)12-18(22)14(3)4/h9-16H,1-8H3. The molecule has 0 aliphatic heterocycles. The summed E-state index contributed by atoms with van der Waals surface area (Å²) in [5.41, 5.74) is -4.53. The molecule has 0 aliphatic carbocycles. The number of halogens is 10. The molecule has 0 spiro atoms. The summed E-state index contributed by atoms with van der Waals surface area (Å²) < 4.78 is 128. The van der Waals surface area contributed by atoms with Crippen molar-refractivity contribution in [3.05, 3.63) is 102 Å². The van der Waals surface area contributed by atoms with E-state index in [0.29, 0.717) is 31.2 Å². The van der Waals surface area contributed by atoms with E-state index in [4.69, 9.17) is 0 Å². The van der Waals surface area contributed by atoms with E-state index in [1.165, 1.54) is 12.1 Å². The minimum absolute atomic E-state index is 0.166. The van der Waals surface area contributed by atoms with Crippen LogP contribution in [-0.2, 0) is 0 Å². The highest BCUT2D eigenvalue weighted by molar-refractivity contribution is 9.10. The third-order valence-electron chi connectivity index (χ3n) is 8.14. The van der Waals surface area contributed by atoms with Crippen LogP contribution in [0.5, 0.6) is 0 Å². The van der Waals surface area contributed by atoms with Gasteiger partial charge in [0.05, 0.1) is 22.3 Å². The Morgan fingerprint density at radius 3 is 0.783 bits per heavy atom. The van der Waals surface area contributed by atoms with Crippen LogP contribution in [0.15, 0.2) is 33.2 Å². The van der Waals surface area contributed by atoms with Crippen molar-refractivity contribution >= 4 is 31.9 Å². The van der Waals surface area contributed by atoms with E-state index < -0.39 is 68.8 Å².